The van der Waals surface area contributed by atoms with Gasteiger partial charge in [-0.25, -0.2) is 4.68 Å². The zero-order valence-electron chi connectivity index (χ0n) is 10.5. The standard InChI is InChI=1S/C14H15N5/c15-8-9-19-14(16-17-18-19)10-12-6-3-5-11-4-1-2-7-13(11)12/h1-7H,8-10,15H2. The summed E-state index contributed by atoms with van der Waals surface area (Å²) in [5.41, 5.74) is 6.78. The van der Waals surface area contributed by atoms with Gasteiger partial charge in [0.1, 0.15) is 0 Å². The van der Waals surface area contributed by atoms with E-state index in [0.717, 1.165) is 5.82 Å². The van der Waals surface area contributed by atoms with Crippen LogP contribution in [0.15, 0.2) is 42.5 Å². The number of nitrogens with zero attached hydrogens (tertiary/aromatic N) is 4. The second-order valence-electron chi connectivity index (χ2n) is 4.42. The van der Waals surface area contributed by atoms with Gasteiger partial charge in [-0.05, 0) is 26.8 Å². The van der Waals surface area contributed by atoms with Crippen molar-refractivity contribution < 1.29 is 0 Å². The first kappa shape index (κ1) is 11.8. The Hall–Kier alpha value is -2.27. The molecule has 0 unspecified atom stereocenters. The molecule has 3 rings (SSSR count). The lowest BCUT2D eigenvalue weighted by atomic mass is 10.0. The van der Waals surface area contributed by atoms with E-state index in [1.165, 1.54) is 16.3 Å². The first-order valence-corrected chi connectivity index (χ1v) is 6.30. The molecule has 5 nitrogen and oxygen atoms in total. The Morgan fingerprint density at radius 1 is 1.05 bits per heavy atom. The minimum absolute atomic E-state index is 0.535. The van der Waals surface area contributed by atoms with Crippen molar-refractivity contribution in [3.05, 3.63) is 53.9 Å². The summed E-state index contributed by atoms with van der Waals surface area (Å²) in [5.74, 6) is 0.849. The summed E-state index contributed by atoms with van der Waals surface area (Å²) in [6, 6.07) is 14.6. The van der Waals surface area contributed by atoms with Crippen molar-refractivity contribution in [1.29, 1.82) is 0 Å². The van der Waals surface area contributed by atoms with Crippen LogP contribution in [0.1, 0.15) is 11.4 Å². The van der Waals surface area contributed by atoms with Gasteiger partial charge < -0.3 is 5.73 Å². The largest absolute Gasteiger partial charge is 0.329 e. The molecule has 2 N–H and O–H groups in total. The molecule has 19 heavy (non-hydrogen) atoms. The van der Waals surface area contributed by atoms with Gasteiger partial charge in [-0.3, -0.25) is 0 Å². The number of hydrogen-bond donors (Lipinski definition) is 1. The van der Waals surface area contributed by atoms with Gasteiger partial charge in [0.15, 0.2) is 5.82 Å². The van der Waals surface area contributed by atoms with Crippen molar-refractivity contribution in [1.82, 2.24) is 20.2 Å². The smallest absolute Gasteiger partial charge is 0.155 e. The van der Waals surface area contributed by atoms with Crippen molar-refractivity contribution >= 4 is 10.8 Å². The fourth-order valence-electron chi connectivity index (χ4n) is 2.26. The Morgan fingerprint density at radius 3 is 2.79 bits per heavy atom. The van der Waals surface area contributed by atoms with E-state index in [1.54, 1.807) is 4.68 Å². The summed E-state index contributed by atoms with van der Waals surface area (Å²) < 4.78 is 1.77. The highest BCUT2D eigenvalue weighted by atomic mass is 15.5. The number of fused-ring (bicyclic) bond motifs is 1. The van der Waals surface area contributed by atoms with Crippen LogP contribution in [0.3, 0.4) is 0 Å². The molecule has 5 heteroatoms. The second kappa shape index (κ2) is 5.16. The normalized spacial score (nSPS) is 11.0. The third kappa shape index (κ3) is 2.32. The summed E-state index contributed by atoms with van der Waals surface area (Å²) in [6.45, 7) is 1.18. The van der Waals surface area contributed by atoms with Crippen LogP contribution >= 0.6 is 0 Å². The SMILES string of the molecule is NCCn1nnnc1Cc1cccc2ccccc12. The lowest BCUT2D eigenvalue weighted by Gasteiger charge is -2.06. The van der Waals surface area contributed by atoms with E-state index < -0.39 is 0 Å². The van der Waals surface area contributed by atoms with Gasteiger partial charge in [-0.1, -0.05) is 42.5 Å². The van der Waals surface area contributed by atoms with Crippen LogP contribution in [0, 0.1) is 0 Å². The number of rotatable bonds is 4. The van der Waals surface area contributed by atoms with Crippen LogP contribution in [-0.4, -0.2) is 26.8 Å². The van der Waals surface area contributed by atoms with Gasteiger partial charge in [0.25, 0.3) is 0 Å². The molecular formula is C14H15N5. The highest BCUT2D eigenvalue weighted by Crippen LogP contribution is 2.20. The van der Waals surface area contributed by atoms with Crippen molar-refractivity contribution in [3.63, 3.8) is 0 Å². The van der Waals surface area contributed by atoms with Crippen LogP contribution in [0.2, 0.25) is 0 Å². The Kier molecular flexibility index (Phi) is 3.20. The van der Waals surface area contributed by atoms with E-state index in [9.17, 15) is 0 Å². The zero-order valence-corrected chi connectivity index (χ0v) is 10.5. The Balaban J connectivity index is 1.99. The third-order valence-corrected chi connectivity index (χ3v) is 3.18. The van der Waals surface area contributed by atoms with Crippen LogP contribution in [0.4, 0.5) is 0 Å². The van der Waals surface area contributed by atoms with E-state index in [-0.39, 0.29) is 0 Å². The van der Waals surface area contributed by atoms with Crippen molar-refractivity contribution in [2.45, 2.75) is 13.0 Å². The number of aromatic nitrogens is 4. The van der Waals surface area contributed by atoms with Gasteiger partial charge in [0.2, 0.25) is 0 Å². The summed E-state index contributed by atoms with van der Waals surface area (Å²) in [4.78, 5) is 0. The van der Waals surface area contributed by atoms with Crippen LogP contribution in [0.5, 0.6) is 0 Å². The van der Waals surface area contributed by atoms with Gasteiger partial charge in [0, 0.05) is 13.0 Å². The Bertz CT molecular complexity index is 684. The van der Waals surface area contributed by atoms with Crippen LogP contribution < -0.4 is 5.73 Å². The molecule has 96 valence electrons. The lowest BCUT2D eigenvalue weighted by molar-refractivity contribution is 0.578. The molecule has 3 aromatic rings. The molecule has 1 heterocycles. The summed E-state index contributed by atoms with van der Waals surface area (Å²) in [7, 11) is 0. The average Bonchev–Trinajstić information content (AvgIpc) is 2.87. The fourth-order valence-corrected chi connectivity index (χ4v) is 2.26. The molecule has 0 atom stereocenters. The molecule has 0 aliphatic rings. The van der Waals surface area contributed by atoms with Gasteiger partial charge in [0.05, 0.1) is 6.54 Å². The summed E-state index contributed by atoms with van der Waals surface area (Å²) in [6.07, 6.45) is 0.717. The van der Waals surface area contributed by atoms with E-state index in [2.05, 4.69) is 51.9 Å². The zero-order chi connectivity index (χ0) is 13.1. The topological polar surface area (TPSA) is 69.6 Å². The molecule has 0 spiro atoms. The molecule has 0 bridgehead atoms. The van der Waals surface area contributed by atoms with Crippen molar-refractivity contribution in [2.75, 3.05) is 6.54 Å². The maximum absolute atomic E-state index is 5.56. The van der Waals surface area contributed by atoms with E-state index in [0.29, 0.717) is 19.5 Å². The van der Waals surface area contributed by atoms with Crippen LogP contribution in [0.25, 0.3) is 10.8 Å². The molecule has 2 aromatic carbocycles. The fraction of sp³-hybridized carbons (Fsp3) is 0.214. The van der Waals surface area contributed by atoms with E-state index in [4.69, 9.17) is 5.73 Å². The van der Waals surface area contributed by atoms with Crippen LogP contribution in [-0.2, 0) is 13.0 Å². The van der Waals surface area contributed by atoms with Gasteiger partial charge in [-0.2, -0.15) is 0 Å². The number of benzene rings is 2. The maximum atomic E-state index is 5.56. The van der Waals surface area contributed by atoms with Gasteiger partial charge >= 0.3 is 0 Å². The number of hydrogen-bond acceptors (Lipinski definition) is 4. The van der Waals surface area contributed by atoms with Crippen molar-refractivity contribution in [3.8, 4) is 0 Å². The predicted octanol–water partition coefficient (Wildman–Crippen LogP) is 1.38. The molecule has 0 aliphatic carbocycles. The van der Waals surface area contributed by atoms with Crippen molar-refractivity contribution in [2.24, 2.45) is 5.73 Å². The summed E-state index contributed by atoms with van der Waals surface area (Å²) >= 11 is 0. The Morgan fingerprint density at radius 2 is 1.89 bits per heavy atom. The molecule has 0 fully saturated rings. The molecular weight excluding hydrogens is 238 g/mol. The Labute approximate surface area is 111 Å². The quantitative estimate of drug-likeness (QED) is 0.762. The monoisotopic (exact) mass is 253 g/mol. The molecule has 0 saturated carbocycles. The molecule has 1 aromatic heterocycles. The number of nitrogens with two attached hydrogens (primary N) is 1. The van der Waals surface area contributed by atoms with E-state index in [1.807, 2.05) is 6.07 Å². The first-order valence-electron chi connectivity index (χ1n) is 6.30. The molecule has 0 radical (unpaired) electrons. The first-order chi connectivity index (χ1) is 9.38. The summed E-state index contributed by atoms with van der Waals surface area (Å²) in [5, 5.41) is 14.2. The second-order valence-corrected chi connectivity index (χ2v) is 4.42. The maximum Gasteiger partial charge on any atom is 0.155 e. The average molecular weight is 253 g/mol. The van der Waals surface area contributed by atoms with Gasteiger partial charge in [-0.15, -0.1) is 5.10 Å². The molecule has 0 aliphatic heterocycles. The lowest BCUT2D eigenvalue weighted by Crippen LogP contribution is -2.14. The third-order valence-electron chi connectivity index (χ3n) is 3.18. The predicted molar refractivity (Wildman–Crippen MR) is 73.6 cm³/mol. The highest BCUT2D eigenvalue weighted by Gasteiger charge is 2.08. The number of tetrazole rings is 1. The minimum atomic E-state index is 0.535. The molecule has 0 amide bonds. The molecule has 0 saturated heterocycles. The van der Waals surface area contributed by atoms with E-state index >= 15 is 0 Å². The highest BCUT2D eigenvalue weighted by molar-refractivity contribution is 5.85. The minimum Gasteiger partial charge on any atom is -0.329 e.